The van der Waals surface area contributed by atoms with Crippen LogP contribution in [0.2, 0.25) is 0 Å². The van der Waals surface area contributed by atoms with Gasteiger partial charge in [0.2, 0.25) is 0 Å². The molecule has 0 fully saturated rings. The van der Waals surface area contributed by atoms with Crippen molar-refractivity contribution in [2.45, 2.75) is 29.7 Å². The molecule has 5 heteroatoms. The van der Waals surface area contributed by atoms with Crippen LogP contribution in [0.15, 0.2) is 34.3 Å². The number of rotatable bonds is 3. The van der Waals surface area contributed by atoms with Crippen LogP contribution >= 0.6 is 11.8 Å². The first-order chi connectivity index (χ1) is 8.47. The van der Waals surface area contributed by atoms with E-state index in [4.69, 9.17) is 5.73 Å². The zero-order valence-corrected chi connectivity index (χ0v) is 11.5. The fraction of sp³-hybridized carbons (Fsp3) is 0.308. The summed E-state index contributed by atoms with van der Waals surface area (Å²) in [6.45, 7) is 3.62. The van der Waals surface area contributed by atoms with Gasteiger partial charge in [0.25, 0.3) is 0 Å². The normalized spacial score (nSPS) is 12.7. The minimum absolute atomic E-state index is 0.195. The summed E-state index contributed by atoms with van der Waals surface area (Å²) in [6.07, 6.45) is 3.71. The largest absolute Gasteiger partial charge is 0.324 e. The van der Waals surface area contributed by atoms with E-state index in [1.54, 1.807) is 29.6 Å². The fourth-order valence-electron chi connectivity index (χ4n) is 1.69. The minimum Gasteiger partial charge on any atom is -0.324 e. The van der Waals surface area contributed by atoms with E-state index in [1.165, 1.54) is 6.07 Å². The summed E-state index contributed by atoms with van der Waals surface area (Å²) in [4.78, 5) is 2.00. The molecule has 0 radical (unpaired) electrons. The van der Waals surface area contributed by atoms with E-state index >= 15 is 0 Å². The minimum atomic E-state index is -0.210. The summed E-state index contributed by atoms with van der Waals surface area (Å²) in [5.41, 5.74) is 7.35. The van der Waals surface area contributed by atoms with Crippen molar-refractivity contribution in [3.63, 3.8) is 0 Å². The molecule has 96 valence electrons. The van der Waals surface area contributed by atoms with E-state index in [1.807, 2.05) is 26.2 Å². The van der Waals surface area contributed by atoms with Crippen LogP contribution in [0.25, 0.3) is 0 Å². The average molecular weight is 265 g/mol. The van der Waals surface area contributed by atoms with Gasteiger partial charge in [-0.1, -0.05) is 11.8 Å². The number of benzene rings is 1. The van der Waals surface area contributed by atoms with Gasteiger partial charge in [-0.05, 0) is 37.1 Å². The van der Waals surface area contributed by atoms with E-state index in [9.17, 15) is 4.39 Å². The molecule has 0 saturated carbocycles. The predicted molar refractivity (Wildman–Crippen MR) is 71.1 cm³/mol. The Morgan fingerprint density at radius 2 is 2.17 bits per heavy atom. The zero-order valence-electron chi connectivity index (χ0n) is 10.6. The second-order valence-electron chi connectivity index (χ2n) is 4.38. The van der Waals surface area contributed by atoms with Crippen molar-refractivity contribution in [3.05, 3.63) is 41.5 Å². The SMILES string of the molecule is Cc1cc(Sc2cnn(C)c2)c(C(C)N)cc1F. The molecule has 0 aliphatic carbocycles. The molecule has 0 bridgehead atoms. The van der Waals surface area contributed by atoms with Gasteiger partial charge in [0.15, 0.2) is 0 Å². The lowest BCUT2D eigenvalue weighted by Crippen LogP contribution is -2.07. The lowest BCUT2D eigenvalue weighted by atomic mass is 10.1. The van der Waals surface area contributed by atoms with Crippen LogP contribution in [-0.2, 0) is 7.05 Å². The molecule has 2 rings (SSSR count). The summed E-state index contributed by atoms with van der Waals surface area (Å²) in [6, 6.07) is 3.17. The lowest BCUT2D eigenvalue weighted by molar-refractivity contribution is 0.610. The van der Waals surface area contributed by atoms with E-state index < -0.39 is 0 Å². The molecule has 1 atom stereocenters. The van der Waals surface area contributed by atoms with Crippen molar-refractivity contribution >= 4 is 11.8 Å². The quantitative estimate of drug-likeness (QED) is 0.927. The monoisotopic (exact) mass is 265 g/mol. The number of halogens is 1. The highest BCUT2D eigenvalue weighted by molar-refractivity contribution is 7.99. The van der Waals surface area contributed by atoms with Gasteiger partial charge >= 0.3 is 0 Å². The predicted octanol–water partition coefficient (Wildman–Crippen LogP) is 3.04. The Bertz CT molecular complexity index is 563. The number of nitrogens with zero attached hydrogens (tertiary/aromatic N) is 2. The van der Waals surface area contributed by atoms with Crippen molar-refractivity contribution in [2.24, 2.45) is 12.8 Å². The van der Waals surface area contributed by atoms with Crippen LogP contribution in [0.1, 0.15) is 24.1 Å². The molecule has 2 N–H and O–H groups in total. The Balaban J connectivity index is 2.39. The molecule has 0 amide bonds. The van der Waals surface area contributed by atoms with Crippen molar-refractivity contribution in [3.8, 4) is 0 Å². The Labute approximate surface area is 110 Å². The van der Waals surface area contributed by atoms with Crippen molar-refractivity contribution in [2.75, 3.05) is 0 Å². The third kappa shape index (κ3) is 2.73. The zero-order chi connectivity index (χ0) is 13.3. The van der Waals surface area contributed by atoms with E-state index in [0.717, 1.165) is 15.4 Å². The molecule has 0 aliphatic rings. The summed E-state index contributed by atoms with van der Waals surface area (Å²) in [5.74, 6) is -0.210. The van der Waals surface area contributed by atoms with Crippen LogP contribution < -0.4 is 5.73 Å². The Morgan fingerprint density at radius 1 is 1.44 bits per heavy atom. The molecule has 0 saturated heterocycles. The third-order valence-electron chi connectivity index (χ3n) is 2.69. The van der Waals surface area contributed by atoms with Gasteiger partial charge in [-0.15, -0.1) is 0 Å². The van der Waals surface area contributed by atoms with Crippen LogP contribution in [-0.4, -0.2) is 9.78 Å². The van der Waals surface area contributed by atoms with Gasteiger partial charge in [0.05, 0.1) is 11.1 Å². The molecule has 1 unspecified atom stereocenters. The van der Waals surface area contributed by atoms with Crippen LogP contribution in [0.5, 0.6) is 0 Å². The maximum atomic E-state index is 13.6. The lowest BCUT2D eigenvalue weighted by Gasteiger charge is -2.13. The number of aryl methyl sites for hydroxylation is 2. The molecule has 1 heterocycles. The first kappa shape index (κ1) is 13.1. The smallest absolute Gasteiger partial charge is 0.126 e. The average Bonchev–Trinajstić information content (AvgIpc) is 2.68. The van der Waals surface area contributed by atoms with Gasteiger partial charge in [-0.3, -0.25) is 4.68 Å². The highest BCUT2D eigenvalue weighted by Crippen LogP contribution is 2.34. The van der Waals surface area contributed by atoms with Crippen molar-refractivity contribution in [1.82, 2.24) is 9.78 Å². The van der Waals surface area contributed by atoms with E-state index in [2.05, 4.69) is 5.10 Å². The van der Waals surface area contributed by atoms with E-state index in [-0.39, 0.29) is 11.9 Å². The second kappa shape index (κ2) is 5.12. The molecule has 2 aromatic rings. The van der Waals surface area contributed by atoms with Gasteiger partial charge < -0.3 is 5.73 Å². The van der Waals surface area contributed by atoms with E-state index in [0.29, 0.717) is 5.56 Å². The number of hydrogen-bond acceptors (Lipinski definition) is 3. The highest BCUT2D eigenvalue weighted by atomic mass is 32.2. The van der Waals surface area contributed by atoms with Gasteiger partial charge in [0.1, 0.15) is 5.82 Å². The standard InChI is InChI=1S/C13H16FN3S/c1-8-4-13(11(9(2)15)5-12(8)14)18-10-6-16-17(3)7-10/h4-7,9H,15H2,1-3H3. The van der Waals surface area contributed by atoms with Crippen LogP contribution in [0, 0.1) is 12.7 Å². The molecule has 1 aromatic heterocycles. The summed E-state index contributed by atoms with van der Waals surface area (Å²) < 4.78 is 15.3. The van der Waals surface area contributed by atoms with Crippen LogP contribution in [0.3, 0.4) is 0 Å². The van der Waals surface area contributed by atoms with Gasteiger partial charge in [-0.25, -0.2) is 4.39 Å². The molecule has 1 aromatic carbocycles. The Kier molecular flexibility index (Phi) is 3.73. The number of aromatic nitrogens is 2. The fourth-order valence-corrected chi connectivity index (χ4v) is 2.85. The first-order valence-electron chi connectivity index (χ1n) is 5.69. The molecule has 0 aliphatic heterocycles. The number of hydrogen-bond donors (Lipinski definition) is 1. The van der Waals surface area contributed by atoms with Crippen LogP contribution in [0.4, 0.5) is 4.39 Å². The maximum Gasteiger partial charge on any atom is 0.126 e. The molecular formula is C13H16FN3S. The Hall–Kier alpha value is -1.33. The van der Waals surface area contributed by atoms with Crippen molar-refractivity contribution in [1.29, 1.82) is 0 Å². The summed E-state index contributed by atoms with van der Waals surface area (Å²) in [7, 11) is 1.87. The highest BCUT2D eigenvalue weighted by Gasteiger charge is 2.12. The topological polar surface area (TPSA) is 43.8 Å². The van der Waals surface area contributed by atoms with Gasteiger partial charge in [0, 0.05) is 24.2 Å². The third-order valence-corrected chi connectivity index (χ3v) is 3.71. The van der Waals surface area contributed by atoms with Gasteiger partial charge in [-0.2, -0.15) is 5.10 Å². The molecule has 0 spiro atoms. The summed E-state index contributed by atoms with van der Waals surface area (Å²) >= 11 is 1.56. The second-order valence-corrected chi connectivity index (χ2v) is 5.50. The number of nitrogens with two attached hydrogens (primary N) is 1. The Morgan fingerprint density at radius 3 is 2.72 bits per heavy atom. The molecular weight excluding hydrogens is 249 g/mol. The molecule has 3 nitrogen and oxygen atoms in total. The first-order valence-corrected chi connectivity index (χ1v) is 6.51. The summed E-state index contributed by atoms with van der Waals surface area (Å²) in [5, 5.41) is 4.12. The molecule has 18 heavy (non-hydrogen) atoms. The van der Waals surface area contributed by atoms with Crippen molar-refractivity contribution < 1.29 is 4.39 Å². The maximum absolute atomic E-state index is 13.6.